The fourth-order valence-corrected chi connectivity index (χ4v) is 1.39. The standard InChI is InChI=1S/C8H8ClN3O/c1-12-7(4-13)11-6-2-5(9)3-10-8(6)12/h2-3,13H,4H2,1H3. The van der Waals surface area contributed by atoms with Gasteiger partial charge in [0.05, 0.1) is 5.02 Å². The summed E-state index contributed by atoms with van der Waals surface area (Å²) < 4.78 is 1.74. The molecule has 68 valence electrons. The molecule has 0 spiro atoms. The van der Waals surface area contributed by atoms with Gasteiger partial charge in [-0.15, -0.1) is 0 Å². The van der Waals surface area contributed by atoms with Crippen LogP contribution >= 0.6 is 11.6 Å². The molecule has 0 radical (unpaired) electrons. The van der Waals surface area contributed by atoms with Crippen LogP contribution in [0.1, 0.15) is 5.82 Å². The van der Waals surface area contributed by atoms with Gasteiger partial charge < -0.3 is 9.67 Å². The molecule has 2 rings (SSSR count). The lowest BCUT2D eigenvalue weighted by Crippen LogP contribution is -1.97. The molecule has 0 unspecified atom stereocenters. The largest absolute Gasteiger partial charge is 0.388 e. The number of rotatable bonds is 1. The Hall–Kier alpha value is -1.13. The molecule has 5 heteroatoms. The highest BCUT2D eigenvalue weighted by Crippen LogP contribution is 2.16. The average Bonchev–Trinajstić information content (AvgIpc) is 2.42. The van der Waals surface area contributed by atoms with Gasteiger partial charge in [-0.2, -0.15) is 0 Å². The number of aryl methyl sites for hydroxylation is 1. The highest BCUT2D eigenvalue weighted by molar-refractivity contribution is 6.31. The number of nitrogens with zero attached hydrogens (tertiary/aromatic N) is 3. The summed E-state index contributed by atoms with van der Waals surface area (Å²) >= 11 is 5.75. The Balaban J connectivity index is 2.76. The lowest BCUT2D eigenvalue weighted by atomic mass is 10.4. The SMILES string of the molecule is Cn1c(CO)nc2cc(Cl)cnc21. The third-order valence-corrected chi connectivity index (χ3v) is 2.12. The quantitative estimate of drug-likeness (QED) is 0.745. The molecule has 4 nitrogen and oxygen atoms in total. The van der Waals surface area contributed by atoms with Gasteiger partial charge in [0.15, 0.2) is 5.65 Å². The summed E-state index contributed by atoms with van der Waals surface area (Å²) in [5, 5.41) is 9.50. The lowest BCUT2D eigenvalue weighted by molar-refractivity contribution is 0.268. The van der Waals surface area contributed by atoms with E-state index in [2.05, 4.69) is 9.97 Å². The Morgan fingerprint density at radius 2 is 2.38 bits per heavy atom. The summed E-state index contributed by atoms with van der Waals surface area (Å²) in [6.45, 7) is -0.0928. The van der Waals surface area contributed by atoms with Crippen molar-refractivity contribution in [2.45, 2.75) is 6.61 Å². The maximum Gasteiger partial charge on any atom is 0.159 e. The van der Waals surface area contributed by atoms with Gasteiger partial charge in [-0.3, -0.25) is 0 Å². The Morgan fingerprint density at radius 1 is 1.62 bits per heavy atom. The first-order chi connectivity index (χ1) is 6.22. The minimum absolute atomic E-state index is 0.0928. The van der Waals surface area contributed by atoms with Crippen molar-refractivity contribution in [3.05, 3.63) is 23.1 Å². The van der Waals surface area contributed by atoms with E-state index in [0.29, 0.717) is 16.4 Å². The molecule has 2 aromatic rings. The zero-order chi connectivity index (χ0) is 9.42. The first kappa shape index (κ1) is 8.47. The molecular formula is C8H8ClN3O. The van der Waals surface area contributed by atoms with E-state index in [1.54, 1.807) is 16.8 Å². The molecule has 0 aromatic carbocycles. The van der Waals surface area contributed by atoms with Gasteiger partial charge >= 0.3 is 0 Å². The third kappa shape index (κ3) is 1.28. The molecule has 0 fully saturated rings. The van der Waals surface area contributed by atoms with Crippen LogP contribution in [0.2, 0.25) is 5.02 Å². The fraction of sp³-hybridized carbons (Fsp3) is 0.250. The molecule has 0 atom stereocenters. The maximum atomic E-state index is 8.94. The minimum atomic E-state index is -0.0928. The average molecular weight is 198 g/mol. The van der Waals surface area contributed by atoms with Gasteiger partial charge in [0, 0.05) is 13.2 Å². The normalized spacial score (nSPS) is 11.0. The number of aliphatic hydroxyl groups is 1. The van der Waals surface area contributed by atoms with Crippen molar-refractivity contribution in [1.82, 2.24) is 14.5 Å². The summed E-state index contributed by atoms with van der Waals surface area (Å²) in [4.78, 5) is 8.26. The van der Waals surface area contributed by atoms with Crippen molar-refractivity contribution < 1.29 is 5.11 Å². The van der Waals surface area contributed by atoms with Gasteiger partial charge in [0.1, 0.15) is 17.9 Å². The van der Waals surface area contributed by atoms with Gasteiger partial charge in [-0.25, -0.2) is 9.97 Å². The van der Waals surface area contributed by atoms with Crippen LogP contribution in [0.3, 0.4) is 0 Å². The van der Waals surface area contributed by atoms with Crippen LogP contribution in [0.4, 0.5) is 0 Å². The van der Waals surface area contributed by atoms with Crippen molar-refractivity contribution in [3.8, 4) is 0 Å². The van der Waals surface area contributed by atoms with E-state index in [0.717, 1.165) is 5.65 Å². The molecule has 1 N–H and O–H groups in total. The van der Waals surface area contributed by atoms with E-state index in [1.807, 2.05) is 7.05 Å². The highest BCUT2D eigenvalue weighted by Gasteiger charge is 2.07. The van der Waals surface area contributed by atoms with Crippen molar-refractivity contribution in [1.29, 1.82) is 0 Å². The Morgan fingerprint density at radius 3 is 3.08 bits per heavy atom. The van der Waals surface area contributed by atoms with E-state index >= 15 is 0 Å². The molecule has 13 heavy (non-hydrogen) atoms. The van der Waals surface area contributed by atoms with Crippen molar-refractivity contribution in [2.24, 2.45) is 7.05 Å². The molecule has 0 bridgehead atoms. The Labute approximate surface area is 79.8 Å². The van der Waals surface area contributed by atoms with Crippen LogP contribution in [-0.4, -0.2) is 19.6 Å². The van der Waals surface area contributed by atoms with Crippen LogP contribution in [0.5, 0.6) is 0 Å². The number of halogens is 1. The molecule has 0 aliphatic carbocycles. The van der Waals surface area contributed by atoms with Crippen LogP contribution in [0.15, 0.2) is 12.3 Å². The smallest absolute Gasteiger partial charge is 0.159 e. The summed E-state index contributed by atoms with van der Waals surface area (Å²) in [5.74, 6) is 0.588. The second kappa shape index (κ2) is 2.97. The van der Waals surface area contributed by atoms with Crippen molar-refractivity contribution >= 4 is 22.8 Å². The number of hydrogen-bond acceptors (Lipinski definition) is 3. The fourth-order valence-electron chi connectivity index (χ4n) is 1.24. The van der Waals surface area contributed by atoms with Crippen molar-refractivity contribution in [2.75, 3.05) is 0 Å². The zero-order valence-corrected chi connectivity index (χ0v) is 7.78. The summed E-state index contributed by atoms with van der Waals surface area (Å²) in [7, 11) is 1.81. The summed E-state index contributed by atoms with van der Waals surface area (Å²) in [6.07, 6.45) is 1.56. The molecule has 0 saturated carbocycles. The number of fused-ring (bicyclic) bond motifs is 1. The molecule has 2 aromatic heterocycles. The predicted molar refractivity (Wildman–Crippen MR) is 49.4 cm³/mol. The number of hydrogen-bond donors (Lipinski definition) is 1. The molecular weight excluding hydrogens is 190 g/mol. The number of aromatic nitrogens is 3. The Kier molecular flexibility index (Phi) is 1.94. The van der Waals surface area contributed by atoms with Gasteiger partial charge in [0.2, 0.25) is 0 Å². The minimum Gasteiger partial charge on any atom is -0.388 e. The second-order valence-electron chi connectivity index (χ2n) is 2.74. The first-order valence-electron chi connectivity index (χ1n) is 3.80. The molecule has 0 aliphatic rings. The van der Waals surface area contributed by atoms with E-state index in [-0.39, 0.29) is 6.61 Å². The van der Waals surface area contributed by atoms with Gasteiger partial charge in [-0.05, 0) is 6.07 Å². The molecule has 0 amide bonds. The highest BCUT2D eigenvalue weighted by atomic mass is 35.5. The number of aliphatic hydroxyl groups excluding tert-OH is 1. The van der Waals surface area contributed by atoms with Crippen LogP contribution in [0, 0.1) is 0 Å². The van der Waals surface area contributed by atoms with E-state index < -0.39 is 0 Å². The van der Waals surface area contributed by atoms with Crippen LogP contribution < -0.4 is 0 Å². The number of imidazole rings is 1. The lowest BCUT2D eigenvalue weighted by Gasteiger charge is -1.95. The van der Waals surface area contributed by atoms with Crippen molar-refractivity contribution in [3.63, 3.8) is 0 Å². The Bertz CT molecular complexity index is 452. The van der Waals surface area contributed by atoms with Gasteiger partial charge in [-0.1, -0.05) is 11.6 Å². The van der Waals surface area contributed by atoms with E-state index in [4.69, 9.17) is 16.7 Å². The van der Waals surface area contributed by atoms with Crippen LogP contribution in [0.25, 0.3) is 11.2 Å². The first-order valence-corrected chi connectivity index (χ1v) is 4.18. The van der Waals surface area contributed by atoms with E-state index in [9.17, 15) is 0 Å². The summed E-state index contributed by atoms with van der Waals surface area (Å²) in [6, 6.07) is 1.73. The third-order valence-electron chi connectivity index (χ3n) is 1.91. The van der Waals surface area contributed by atoms with Crippen LogP contribution in [-0.2, 0) is 13.7 Å². The molecule has 0 aliphatic heterocycles. The second-order valence-corrected chi connectivity index (χ2v) is 3.18. The summed E-state index contributed by atoms with van der Waals surface area (Å²) in [5.41, 5.74) is 1.44. The predicted octanol–water partition coefficient (Wildman–Crippen LogP) is 1.11. The zero-order valence-electron chi connectivity index (χ0n) is 7.03. The monoisotopic (exact) mass is 197 g/mol. The van der Waals surface area contributed by atoms with E-state index in [1.165, 1.54) is 0 Å². The van der Waals surface area contributed by atoms with Gasteiger partial charge in [0.25, 0.3) is 0 Å². The number of pyridine rings is 1. The molecule has 2 heterocycles. The molecule has 0 saturated heterocycles. The maximum absolute atomic E-state index is 8.94. The topological polar surface area (TPSA) is 50.9 Å².